The lowest BCUT2D eigenvalue weighted by Crippen LogP contribution is -2.36. The lowest BCUT2D eigenvalue weighted by atomic mass is 10.2. The molecule has 1 aliphatic rings. The quantitative estimate of drug-likeness (QED) is 0.832. The van der Waals surface area contributed by atoms with Gasteiger partial charge < -0.3 is 10.2 Å². The maximum Gasteiger partial charge on any atom is 0.222 e. The van der Waals surface area contributed by atoms with Crippen molar-refractivity contribution in [2.45, 2.75) is 45.6 Å². The first kappa shape index (κ1) is 14.2. The van der Waals surface area contributed by atoms with Gasteiger partial charge >= 0.3 is 0 Å². The first-order valence-electron chi connectivity index (χ1n) is 6.91. The van der Waals surface area contributed by atoms with E-state index in [0.717, 1.165) is 17.4 Å². The van der Waals surface area contributed by atoms with E-state index < -0.39 is 0 Å². The summed E-state index contributed by atoms with van der Waals surface area (Å²) < 4.78 is 4.24. The van der Waals surface area contributed by atoms with Crippen molar-refractivity contribution in [3.8, 4) is 0 Å². The van der Waals surface area contributed by atoms with Crippen LogP contribution in [-0.2, 0) is 11.2 Å². The summed E-state index contributed by atoms with van der Waals surface area (Å²) in [6.45, 7) is 4.81. The summed E-state index contributed by atoms with van der Waals surface area (Å²) in [5, 5.41) is 4.14. The van der Waals surface area contributed by atoms with Gasteiger partial charge in [0.25, 0.3) is 0 Å². The summed E-state index contributed by atoms with van der Waals surface area (Å²) in [4.78, 5) is 18.1. The third-order valence-electron chi connectivity index (χ3n) is 3.29. The Morgan fingerprint density at radius 3 is 2.89 bits per heavy atom. The zero-order chi connectivity index (χ0) is 13.8. The number of rotatable bonds is 7. The molecular formula is C13H22N4OS. The molecule has 106 valence electrons. The smallest absolute Gasteiger partial charge is 0.222 e. The highest BCUT2D eigenvalue weighted by Crippen LogP contribution is 2.32. The van der Waals surface area contributed by atoms with Gasteiger partial charge in [-0.15, -0.1) is 0 Å². The molecule has 0 aliphatic heterocycles. The van der Waals surface area contributed by atoms with Gasteiger partial charge in [-0.3, -0.25) is 4.79 Å². The predicted octanol–water partition coefficient (Wildman–Crippen LogP) is 2.16. The molecule has 1 aliphatic carbocycles. The van der Waals surface area contributed by atoms with E-state index in [1.807, 2.05) is 18.9 Å². The Labute approximate surface area is 118 Å². The van der Waals surface area contributed by atoms with Crippen LogP contribution < -0.4 is 5.32 Å². The van der Waals surface area contributed by atoms with Gasteiger partial charge in [0.2, 0.25) is 11.0 Å². The highest BCUT2D eigenvalue weighted by molar-refractivity contribution is 7.09. The van der Waals surface area contributed by atoms with E-state index in [1.165, 1.54) is 24.4 Å². The fourth-order valence-electron chi connectivity index (χ4n) is 1.95. The van der Waals surface area contributed by atoms with E-state index in [2.05, 4.69) is 21.6 Å². The van der Waals surface area contributed by atoms with E-state index in [0.29, 0.717) is 18.9 Å². The van der Waals surface area contributed by atoms with E-state index in [1.54, 1.807) is 0 Å². The van der Waals surface area contributed by atoms with E-state index in [4.69, 9.17) is 0 Å². The van der Waals surface area contributed by atoms with Gasteiger partial charge in [0.15, 0.2) is 0 Å². The summed E-state index contributed by atoms with van der Waals surface area (Å²) in [5.74, 6) is 1.77. The molecule has 2 rings (SSSR count). The van der Waals surface area contributed by atoms with Gasteiger partial charge in [-0.25, -0.2) is 4.98 Å². The van der Waals surface area contributed by atoms with Gasteiger partial charge in [0.1, 0.15) is 5.82 Å². The molecule has 0 saturated heterocycles. The molecule has 1 saturated carbocycles. The molecule has 1 unspecified atom stereocenters. The van der Waals surface area contributed by atoms with Crippen molar-refractivity contribution < 1.29 is 4.79 Å². The van der Waals surface area contributed by atoms with Crippen molar-refractivity contribution in [2.24, 2.45) is 5.92 Å². The first-order chi connectivity index (χ1) is 9.08. The molecule has 1 aromatic rings. The number of aromatic nitrogens is 2. The van der Waals surface area contributed by atoms with Crippen molar-refractivity contribution in [2.75, 3.05) is 18.9 Å². The Hall–Kier alpha value is -1.17. The molecular weight excluding hydrogens is 260 g/mol. The summed E-state index contributed by atoms with van der Waals surface area (Å²) >= 11 is 1.38. The van der Waals surface area contributed by atoms with Crippen LogP contribution >= 0.6 is 11.5 Å². The second-order valence-corrected chi connectivity index (χ2v) is 6.09. The number of hydrogen-bond acceptors (Lipinski definition) is 5. The Morgan fingerprint density at radius 1 is 1.58 bits per heavy atom. The first-order valence-corrected chi connectivity index (χ1v) is 7.69. The predicted molar refractivity (Wildman–Crippen MR) is 77.3 cm³/mol. The molecule has 5 nitrogen and oxygen atoms in total. The number of carbonyl (C=O) groups excluding carboxylic acids is 1. The molecule has 1 aromatic heterocycles. The molecule has 1 atom stereocenters. The lowest BCUT2D eigenvalue weighted by molar-refractivity contribution is -0.130. The van der Waals surface area contributed by atoms with Crippen LogP contribution in [0.15, 0.2) is 0 Å². The number of anilines is 1. The Morgan fingerprint density at radius 2 is 2.32 bits per heavy atom. The molecule has 1 heterocycles. The molecule has 1 fully saturated rings. The standard InChI is InChI=1S/C13H22N4OS/c1-4-11-15-13(19-16-11)14-9(2)8-17(3)12(18)7-10-5-6-10/h9-10H,4-8H2,1-3H3,(H,14,15,16). The molecule has 0 bridgehead atoms. The van der Waals surface area contributed by atoms with Crippen molar-refractivity contribution in [1.82, 2.24) is 14.3 Å². The number of nitrogens with zero attached hydrogens (tertiary/aromatic N) is 3. The number of nitrogens with one attached hydrogen (secondary N) is 1. The van der Waals surface area contributed by atoms with Gasteiger partial charge in [0, 0.05) is 44.0 Å². The lowest BCUT2D eigenvalue weighted by Gasteiger charge is -2.22. The van der Waals surface area contributed by atoms with Crippen molar-refractivity contribution >= 4 is 22.6 Å². The average Bonchev–Trinajstić information content (AvgIpc) is 3.06. The van der Waals surface area contributed by atoms with Crippen LogP contribution in [0.3, 0.4) is 0 Å². The second kappa shape index (κ2) is 6.32. The number of aryl methyl sites for hydroxylation is 1. The zero-order valence-electron chi connectivity index (χ0n) is 11.8. The number of hydrogen-bond donors (Lipinski definition) is 1. The van der Waals surface area contributed by atoms with E-state index in [-0.39, 0.29) is 11.9 Å². The van der Waals surface area contributed by atoms with Crippen molar-refractivity contribution in [3.05, 3.63) is 5.82 Å². The van der Waals surface area contributed by atoms with Crippen LogP contribution in [0.2, 0.25) is 0 Å². The monoisotopic (exact) mass is 282 g/mol. The van der Waals surface area contributed by atoms with Gasteiger partial charge in [0.05, 0.1) is 0 Å². The van der Waals surface area contributed by atoms with Crippen LogP contribution in [0.5, 0.6) is 0 Å². The van der Waals surface area contributed by atoms with E-state index in [9.17, 15) is 4.79 Å². The third kappa shape index (κ3) is 4.45. The highest BCUT2D eigenvalue weighted by atomic mass is 32.1. The minimum absolute atomic E-state index is 0.186. The van der Waals surface area contributed by atoms with Crippen molar-refractivity contribution in [3.63, 3.8) is 0 Å². The normalized spacial score (nSPS) is 16.2. The molecule has 1 N–H and O–H groups in total. The molecule has 0 spiro atoms. The number of amides is 1. The second-order valence-electron chi connectivity index (χ2n) is 5.34. The average molecular weight is 282 g/mol. The number of likely N-dealkylation sites (N-methyl/N-ethyl adjacent to an activating group) is 1. The Bertz CT molecular complexity index is 430. The van der Waals surface area contributed by atoms with Gasteiger partial charge in [-0.2, -0.15) is 4.37 Å². The minimum Gasteiger partial charge on any atom is -0.356 e. The van der Waals surface area contributed by atoms with Gasteiger partial charge in [-0.05, 0) is 25.7 Å². The molecule has 0 aromatic carbocycles. The van der Waals surface area contributed by atoms with Gasteiger partial charge in [-0.1, -0.05) is 6.92 Å². The molecule has 0 radical (unpaired) electrons. The fraction of sp³-hybridized carbons (Fsp3) is 0.769. The molecule has 6 heteroatoms. The fourth-order valence-corrected chi connectivity index (χ4v) is 2.71. The maximum atomic E-state index is 11.9. The molecule has 1 amide bonds. The summed E-state index contributed by atoms with van der Waals surface area (Å²) in [7, 11) is 1.88. The van der Waals surface area contributed by atoms with Crippen molar-refractivity contribution in [1.29, 1.82) is 0 Å². The summed E-state index contributed by atoms with van der Waals surface area (Å²) in [6.07, 6.45) is 4.00. The zero-order valence-corrected chi connectivity index (χ0v) is 12.7. The topological polar surface area (TPSA) is 58.1 Å². The summed E-state index contributed by atoms with van der Waals surface area (Å²) in [5.41, 5.74) is 0. The van der Waals surface area contributed by atoms with Crippen LogP contribution in [0.1, 0.15) is 38.9 Å². The molecule has 19 heavy (non-hydrogen) atoms. The minimum atomic E-state index is 0.186. The maximum absolute atomic E-state index is 11.9. The van der Waals surface area contributed by atoms with E-state index >= 15 is 0 Å². The van der Waals surface area contributed by atoms with Crippen LogP contribution in [0.4, 0.5) is 5.13 Å². The summed E-state index contributed by atoms with van der Waals surface area (Å²) in [6, 6.07) is 0.186. The van der Waals surface area contributed by atoms with Crippen LogP contribution in [-0.4, -0.2) is 39.8 Å². The van der Waals surface area contributed by atoms with Crippen LogP contribution in [0.25, 0.3) is 0 Å². The Kier molecular flexibility index (Phi) is 4.74. The largest absolute Gasteiger partial charge is 0.356 e. The van der Waals surface area contributed by atoms with Crippen LogP contribution in [0, 0.1) is 5.92 Å². The SMILES string of the molecule is CCc1nsc(NC(C)CN(C)C(=O)CC2CC2)n1. The number of carbonyl (C=O) groups is 1. The highest BCUT2D eigenvalue weighted by Gasteiger charge is 2.26. The Balaban J connectivity index is 1.75. The third-order valence-corrected chi connectivity index (χ3v) is 3.97.